The Bertz CT molecular complexity index is 2320. The molecule has 0 saturated heterocycles. The second-order valence-electron chi connectivity index (χ2n) is 12.9. The maximum Gasteiger partial charge on any atom is 0.0719 e. The van der Waals surface area contributed by atoms with E-state index in [2.05, 4.69) is 158 Å². The van der Waals surface area contributed by atoms with Gasteiger partial charge in [0, 0.05) is 47.4 Å². The van der Waals surface area contributed by atoms with Crippen molar-refractivity contribution in [3.05, 3.63) is 215 Å². The van der Waals surface area contributed by atoms with E-state index in [9.17, 15) is 0 Å². The Hall–Kier alpha value is -5.86. The molecule has 1 spiro atoms. The van der Waals surface area contributed by atoms with Gasteiger partial charge < -0.3 is 0 Å². The van der Waals surface area contributed by atoms with Crippen molar-refractivity contribution in [3.63, 3.8) is 0 Å². The van der Waals surface area contributed by atoms with Gasteiger partial charge in [-0.1, -0.05) is 146 Å². The topological polar surface area (TPSA) is 25.8 Å². The molecule has 0 bridgehead atoms. The quantitative estimate of drug-likeness (QED) is 0.198. The molecule has 47 heavy (non-hydrogen) atoms. The third-order valence-corrected chi connectivity index (χ3v) is 10.8. The number of pyridine rings is 2. The lowest BCUT2D eigenvalue weighted by Gasteiger charge is -2.35. The van der Waals surface area contributed by atoms with Crippen LogP contribution in [0, 0.1) is 0 Å². The van der Waals surface area contributed by atoms with Crippen LogP contribution >= 0.6 is 0 Å². The summed E-state index contributed by atoms with van der Waals surface area (Å²) in [6.07, 6.45) is 8.22. The zero-order valence-electron chi connectivity index (χ0n) is 25.7. The molecule has 0 saturated carbocycles. The summed E-state index contributed by atoms with van der Waals surface area (Å²) in [5.74, 6) is -0.0595. The standard InChI is InChI=1S/C45H30N2/c1-3-15-31-29(13-1)25-46-27-37(31)43-35-19-7-11-23-41(35)45(39-21-9-5-17-33(39)34-18-6-10-22-40(34)45)42-24-12-8-20-36(42)44(43)38-28-47-26-30-14-2-4-16-32(30)38/h1-28,43-44H. The Labute approximate surface area is 274 Å². The highest BCUT2D eigenvalue weighted by molar-refractivity contribution is 5.91. The molecule has 0 radical (unpaired) electrons. The molecular formula is C45H30N2. The van der Waals surface area contributed by atoms with Crippen LogP contribution in [0.2, 0.25) is 0 Å². The Morgan fingerprint density at radius 2 is 0.723 bits per heavy atom. The van der Waals surface area contributed by atoms with Crippen molar-refractivity contribution in [1.29, 1.82) is 0 Å². The maximum absolute atomic E-state index is 4.88. The molecular weight excluding hydrogens is 569 g/mol. The first kappa shape index (κ1) is 26.4. The smallest absolute Gasteiger partial charge is 0.0719 e. The van der Waals surface area contributed by atoms with Gasteiger partial charge in [0.05, 0.1) is 5.41 Å². The summed E-state index contributed by atoms with van der Waals surface area (Å²) in [6, 6.07) is 54.0. The molecule has 6 aromatic carbocycles. The normalized spacial score (nSPS) is 17.1. The van der Waals surface area contributed by atoms with Crippen LogP contribution in [0.3, 0.4) is 0 Å². The number of benzene rings is 6. The fourth-order valence-corrected chi connectivity index (χ4v) is 9.01. The van der Waals surface area contributed by atoms with Gasteiger partial charge in [-0.3, -0.25) is 9.97 Å². The molecule has 2 unspecified atom stereocenters. The zero-order chi connectivity index (χ0) is 31.0. The SMILES string of the molecule is c1ccc2c(c1)-c1ccccc1C21c2ccccc2C(c2cncc3ccccc23)C(c2cncc3ccccc23)c2ccccc21. The molecule has 0 fully saturated rings. The minimum Gasteiger partial charge on any atom is -0.264 e. The highest BCUT2D eigenvalue weighted by atomic mass is 14.6. The van der Waals surface area contributed by atoms with Gasteiger partial charge in [0.2, 0.25) is 0 Å². The van der Waals surface area contributed by atoms with E-state index < -0.39 is 5.41 Å². The molecule has 2 aliphatic rings. The lowest BCUT2D eigenvalue weighted by Crippen LogP contribution is -2.30. The zero-order valence-corrected chi connectivity index (χ0v) is 25.7. The Morgan fingerprint density at radius 3 is 1.21 bits per heavy atom. The van der Waals surface area contributed by atoms with E-state index in [1.165, 1.54) is 66.4 Å². The summed E-state index contributed by atoms with van der Waals surface area (Å²) in [5.41, 5.74) is 12.6. The van der Waals surface area contributed by atoms with Crippen LogP contribution in [0.15, 0.2) is 170 Å². The first-order valence-corrected chi connectivity index (χ1v) is 16.4. The summed E-state index contributed by atoms with van der Waals surface area (Å²) < 4.78 is 0. The number of rotatable bonds is 2. The molecule has 0 amide bonds. The van der Waals surface area contributed by atoms with E-state index in [1.807, 2.05) is 12.4 Å². The molecule has 0 N–H and O–H groups in total. The van der Waals surface area contributed by atoms with Crippen molar-refractivity contribution in [3.8, 4) is 11.1 Å². The number of nitrogens with zero attached hydrogens (tertiary/aromatic N) is 2. The predicted molar refractivity (Wildman–Crippen MR) is 191 cm³/mol. The highest BCUT2D eigenvalue weighted by Crippen LogP contribution is 2.62. The summed E-state index contributed by atoms with van der Waals surface area (Å²) in [7, 11) is 0. The maximum atomic E-state index is 4.88. The third kappa shape index (κ3) is 3.56. The lowest BCUT2D eigenvalue weighted by atomic mass is 9.66. The van der Waals surface area contributed by atoms with Crippen LogP contribution in [0.5, 0.6) is 0 Å². The largest absolute Gasteiger partial charge is 0.264 e. The van der Waals surface area contributed by atoms with Gasteiger partial charge in [-0.2, -0.15) is 0 Å². The third-order valence-electron chi connectivity index (χ3n) is 10.8. The predicted octanol–water partition coefficient (Wildman–Crippen LogP) is 10.4. The molecule has 2 aromatic heterocycles. The van der Waals surface area contributed by atoms with E-state index >= 15 is 0 Å². The van der Waals surface area contributed by atoms with E-state index in [0.29, 0.717) is 0 Å². The number of hydrogen-bond acceptors (Lipinski definition) is 2. The average Bonchev–Trinajstić information content (AvgIpc) is 3.38. The van der Waals surface area contributed by atoms with Crippen molar-refractivity contribution >= 4 is 21.5 Å². The summed E-state index contributed by atoms with van der Waals surface area (Å²) in [6.45, 7) is 0. The van der Waals surface area contributed by atoms with Crippen LogP contribution in [0.4, 0.5) is 0 Å². The van der Waals surface area contributed by atoms with Gasteiger partial charge in [0.15, 0.2) is 0 Å². The van der Waals surface area contributed by atoms with Crippen LogP contribution in [-0.4, -0.2) is 9.97 Å². The Balaban J connectivity index is 1.43. The van der Waals surface area contributed by atoms with Gasteiger partial charge >= 0.3 is 0 Å². The van der Waals surface area contributed by atoms with E-state index in [0.717, 1.165) is 10.8 Å². The lowest BCUT2D eigenvalue weighted by molar-refractivity contribution is 0.700. The second-order valence-corrected chi connectivity index (χ2v) is 12.9. The van der Waals surface area contributed by atoms with Crippen LogP contribution < -0.4 is 0 Å². The van der Waals surface area contributed by atoms with Crippen molar-refractivity contribution < 1.29 is 0 Å². The summed E-state index contributed by atoms with van der Waals surface area (Å²) in [5, 5.41) is 4.78. The van der Waals surface area contributed by atoms with Gasteiger partial charge in [0.25, 0.3) is 0 Å². The van der Waals surface area contributed by atoms with Crippen LogP contribution in [0.1, 0.15) is 56.3 Å². The fraction of sp³-hybridized carbons (Fsp3) is 0.0667. The van der Waals surface area contributed by atoms with Crippen molar-refractivity contribution in [2.45, 2.75) is 17.3 Å². The molecule has 8 aromatic rings. The average molecular weight is 599 g/mol. The molecule has 2 aliphatic carbocycles. The second kappa shape index (κ2) is 10.1. The molecule has 2 heterocycles. The van der Waals surface area contributed by atoms with Crippen molar-refractivity contribution in [1.82, 2.24) is 9.97 Å². The molecule has 10 rings (SSSR count). The molecule has 220 valence electrons. The monoisotopic (exact) mass is 598 g/mol. The fourth-order valence-electron chi connectivity index (χ4n) is 9.01. The van der Waals surface area contributed by atoms with E-state index in [4.69, 9.17) is 9.97 Å². The van der Waals surface area contributed by atoms with Crippen LogP contribution in [0.25, 0.3) is 32.7 Å². The number of aromatic nitrogens is 2. The van der Waals surface area contributed by atoms with E-state index in [1.54, 1.807) is 0 Å². The highest BCUT2D eigenvalue weighted by Gasteiger charge is 2.52. The Kier molecular flexibility index (Phi) is 5.65. The minimum atomic E-state index is -0.497. The Morgan fingerprint density at radius 1 is 0.340 bits per heavy atom. The molecule has 2 atom stereocenters. The van der Waals surface area contributed by atoms with Crippen molar-refractivity contribution in [2.24, 2.45) is 0 Å². The number of hydrogen-bond donors (Lipinski definition) is 0. The molecule has 2 heteroatoms. The molecule has 2 nitrogen and oxygen atoms in total. The minimum absolute atomic E-state index is 0.0298. The van der Waals surface area contributed by atoms with E-state index in [-0.39, 0.29) is 11.8 Å². The van der Waals surface area contributed by atoms with Gasteiger partial charge in [-0.25, -0.2) is 0 Å². The van der Waals surface area contributed by atoms with Crippen LogP contribution in [-0.2, 0) is 5.41 Å². The first-order chi connectivity index (χ1) is 23.4. The van der Waals surface area contributed by atoms with Crippen molar-refractivity contribution in [2.75, 3.05) is 0 Å². The van der Waals surface area contributed by atoms with Gasteiger partial charge in [0.1, 0.15) is 0 Å². The van der Waals surface area contributed by atoms with Gasteiger partial charge in [-0.05, 0) is 66.4 Å². The molecule has 0 aliphatic heterocycles. The first-order valence-electron chi connectivity index (χ1n) is 16.4. The van der Waals surface area contributed by atoms with Gasteiger partial charge in [-0.15, -0.1) is 0 Å². The summed E-state index contributed by atoms with van der Waals surface area (Å²) in [4.78, 5) is 9.77. The number of fused-ring (bicyclic) bond motifs is 11. The summed E-state index contributed by atoms with van der Waals surface area (Å²) >= 11 is 0.